The predicted octanol–water partition coefficient (Wildman–Crippen LogP) is 2.25. The van der Waals surface area contributed by atoms with Gasteiger partial charge in [-0.15, -0.1) is 23.2 Å². The highest BCUT2D eigenvalue weighted by Crippen LogP contribution is 2.42. The highest BCUT2D eigenvalue weighted by molar-refractivity contribution is 7.53. The van der Waals surface area contributed by atoms with Crippen LogP contribution in [0.1, 0.15) is 13.8 Å². The van der Waals surface area contributed by atoms with Gasteiger partial charge in [0.25, 0.3) is 0 Å². The molecule has 0 aromatic heterocycles. The Morgan fingerprint density at radius 1 is 1.40 bits per heavy atom. The summed E-state index contributed by atoms with van der Waals surface area (Å²) in [5, 5.41) is 3.58. The van der Waals surface area contributed by atoms with Gasteiger partial charge in [-0.25, -0.2) is 14.7 Å². The van der Waals surface area contributed by atoms with E-state index in [1.54, 1.807) is 13.8 Å². The summed E-state index contributed by atoms with van der Waals surface area (Å²) in [5.41, 5.74) is 6.15. The van der Waals surface area contributed by atoms with Crippen LogP contribution in [0.15, 0.2) is 5.16 Å². The van der Waals surface area contributed by atoms with E-state index < -0.39 is 7.67 Å². The van der Waals surface area contributed by atoms with Crippen LogP contribution < -0.4 is 5.50 Å². The van der Waals surface area contributed by atoms with Gasteiger partial charge < -0.3 is 4.62 Å². The van der Waals surface area contributed by atoms with Gasteiger partial charge >= 0.3 is 7.67 Å². The van der Waals surface area contributed by atoms with E-state index in [4.69, 9.17) is 33.3 Å². The minimum Gasteiger partial charge on any atom is -0.311 e. The van der Waals surface area contributed by atoms with Crippen molar-refractivity contribution in [2.75, 3.05) is 24.8 Å². The number of rotatable bonds is 7. The SMILES string of the molecule is CC(C)=NOP(N)(=O)N(CCCl)CCCl. The van der Waals surface area contributed by atoms with Gasteiger partial charge in [0, 0.05) is 24.8 Å². The summed E-state index contributed by atoms with van der Waals surface area (Å²) in [6, 6.07) is 0. The molecule has 0 heterocycles. The number of nitrogens with zero attached hydrogens (tertiary/aromatic N) is 2. The lowest BCUT2D eigenvalue weighted by molar-refractivity contribution is 0.278. The average Bonchev–Trinajstić information content (AvgIpc) is 2.15. The molecule has 15 heavy (non-hydrogen) atoms. The van der Waals surface area contributed by atoms with Crippen molar-refractivity contribution in [2.24, 2.45) is 10.7 Å². The molecule has 0 saturated heterocycles. The molecule has 0 spiro atoms. The Balaban J connectivity index is 4.48. The van der Waals surface area contributed by atoms with E-state index >= 15 is 0 Å². The fourth-order valence-corrected chi connectivity index (χ4v) is 2.56. The molecule has 90 valence electrons. The van der Waals surface area contributed by atoms with E-state index in [0.717, 1.165) is 0 Å². The summed E-state index contributed by atoms with van der Waals surface area (Å²) >= 11 is 11.1. The van der Waals surface area contributed by atoms with Crippen LogP contribution in [-0.2, 0) is 9.19 Å². The third-order valence-corrected chi connectivity index (χ3v) is 3.26. The molecule has 0 fully saturated rings. The third kappa shape index (κ3) is 6.38. The van der Waals surface area contributed by atoms with Crippen LogP contribution in [0, 0.1) is 0 Å². The van der Waals surface area contributed by atoms with Gasteiger partial charge in [-0.1, -0.05) is 5.16 Å². The van der Waals surface area contributed by atoms with Gasteiger partial charge in [-0.05, 0) is 13.8 Å². The minimum atomic E-state index is -3.41. The van der Waals surface area contributed by atoms with Crippen LogP contribution in [0.25, 0.3) is 0 Å². The maximum atomic E-state index is 11.9. The molecule has 2 N–H and O–H groups in total. The van der Waals surface area contributed by atoms with Crippen molar-refractivity contribution in [3.63, 3.8) is 0 Å². The highest BCUT2D eigenvalue weighted by atomic mass is 35.5. The van der Waals surface area contributed by atoms with Crippen molar-refractivity contribution in [2.45, 2.75) is 13.8 Å². The Hall–Kier alpha value is 0.200. The molecule has 8 heteroatoms. The first-order chi connectivity index (χ1) is 6.94. The molecule has 1 unspecified atom stereocenters. The molecule has 0 aliphatic rings. The number of nitrogens with two attached hydrogens (primary N) is 1. The van der Waals surface area contributed by atoms with Gasteiger partial charge in [0.15, 0.2) is 0 Å². The van der Waals surface area contributed by atoms with Crippen LogP contribution in [0.3, 0.4) is 0 Å². The Kier molecular flexibility index (Phi) is 7.57. The summed E-state index contributed by atoms with van der Waals surface area (Å²) in [7, 11) is -3.41. The summed E-state index contributed by atoms with van der Waals surface area (Å²) in [4.78, 5) is 0. The first-order valence-electron chi connectivity index (χ1n) is 4.40. The first-order valence-corrected chi connectivity index (χ1v) is 7.11. The van der Waals surface area contributed by atoms with Gasteiger partial charge in [-0.3, -0.25) is 0 Å². The van der Waals surface area contributed by atoms with Gasteiger partial charge in [0.05, 0.1) is 5.71 Å². The topological polar surface area (TPSA) is 67.9 Å². The lowest BCUT2D eigenvalue weighted by Crippen LogP contribution is -2.29. The van der Waals surface area contributed by atoms with Gasteiger partial charge in [0.1, 0.15) is 0 Å². The molecule has 0 rings (SSSR count). The Morgan fingerprint density at radius 2 is 1.87 bits per heavy atom. The molecule has 0 radical (unpaired) electrons. The van der Waals surface area contributed by atoms with E-state index in [0.29, 0.717) is 30.6 Å². The molecule has 0 saturated carbocycles. The standard InChI is InChI=1S/C7H16Cl2N3O2P/c1-7(2)11-14-15(10,13)12(5-3-8)6-4-9/h3-6H2,1-2H3,(H2,10,13). The van der Waals surface area contributed by atoms with Crippen LogP contribution in [0.4, 0.5) is 0 Å². The maximum Gasteiger partial charge on any atom is 0.411 e. The van der Waals surface area contributed by atoms with Crippen molar-refractivity contribution >= 4 is 36.6 Å². The maximum absolute atomic E-state index is 11.9. The lowest BCUT2D eigenvalue weighted by atomic mass is 10.5. The monoisotopic (exact) mass is 275 g/mol. The normalized spacial score (nSPS) is 14.8. The predicted molar refractivity (Wildman–Crippen MR) is 64.7 cm³/mol. The number of oxime groups is 1. The van der Waals surface area contributed by atoms with Crippen molar-refractivity contribution in [1.29, 1.82) is 0 Å². The number of hydrogen-bond acceptors (Lipinski definition) is 3. The smallest absolute Gasteiger partial charge is 0.311 e. The van der Waals surface area contributed by atoms with E-state index in [1.165, 1.54) is 4.67 Å². The lowest BCUT2D eigenvalue weighted by Gasteiger charge is -2.24. The number of halogens is 2. The van der Waals surface area contributed by atoms with Crippen molar-refractivity contribution < 1.29 is 9.19 Å². The minimum absolute atomic E-state index is 0.302. The zero-order valence-corrected chi connectivity index (χ0v) is 11.2. The molecule has 0 amide bonds. The van der Waals surface area contributed by atoms with Crippen LogP contribution >= 0.6 is 30.9 Å². The highest BCUT2D eigenvalue weighted by Gasteiger charge is 2.27. The second kappa shape index (κ2) is 7.47. The average molecular weight is 276 g/mol. The quantitative estimate of drug-likeness (QED) is 0.335. The van der Waals surface area contributed by atoms with Gasteiger partial charge in [-0.2, -0.15) is 0 Å². The Morgan fingerprint density at radius 3 is 2.20 bits per heavy atom. The van der Waals surface area contributed by atoms with Crippen molar-refractivity contribution in [3.05, 3.63) is 0 Å². The van der Waals surface area contributed by atoms with E-state index in [9.17, 15) is 4.57 Å². The fraction of sp³-hybridized carbons (Fsp3) is 0.857. The van der Waals surface area contributed by atoms with E-state index in [1.807, 2.05) is 0 Å². The van der Waals surface area contributed by atoms with Crippen LogP contribution in [-0.4, -0.2) is 35.2 Å². The summed E-state index contributed by atoms with van der Waals surface area (Å²) < 4.78 is 18.0. The molecule has 0 aliphatic heterocycles. The van der Waals surface area contributed by atoms with Crippen molar-refractivity contribution in [3.8, 4) is 0 Å². The van der Waals surface area contributed by atoms with Crippen LogP contribution in [0.2, 0.25) is 0 Å². The summed E-state index contributed by atoms with van der Waals surface area (Å²) in [6.45, 7) is 4.13. The summed E-state index contributed by atoms with van der Waals surface area (Å²) in [5.74, 6) is 0.604. The van der Waals surface area contributed by atoms with Crippen LogP contribution in [0.5, 0.6) is 0 Å². The molecule has 1 atom stereocenters. The largest absolute Gasteiger partial charge is 0.411 e. The molecular weight excluding hydrogens is 260 g/mol. The van der Waals surface area contributed by atoms with Gasteiger partial charge in [0.2, 0.25) is 0 Å². The fourth-order valence-electron chi connectivity index (χ4n) is 0.777. The number of alkyl halides is 2. The van der Waals surface area contributed by atoms with E-state index in [-0.39, 0.29) is 0 Å². The zero-order valence-electron chi connectivity index (χ0n) is 8.82. The summed E-state index contributed by atoms with van der Waals surface area (Å²) in [6.07, 6.45) is 0. The van der Waals surface area contributed by atoms with E-state index in [2.05, 4.69) is 5.16 Å². The molecular formula is C7H16Cl2N3O2P. The zero-order chi connectivity index (χ0) is 11.9. The molecule has 0 bridgehead atoms. The molecule has 5 nitrogen and oxygen atoms in total. The van der Waals surface area contributed by atoms with Crippen molar-refractivity contribution in [1.82, 2.24) is 4.67 Å². The Bertz CT molecular complexity index is 253. The second-order valence-corrected chi connectivity index (χ2v) is 5.63. The Labute approximate surface area is 100 Å². The molecule has 0 aromatic carbocycles. The number of hydrogen-bond donors (Lipinski definition) is 1. The first kappa shape index (κ1) is 15.2. The third-order valence-electron chi connectivity index (χ3n) is 1.42. The molecule has 0 aromatic rings. The second-order valence-electron chi connectivity index (χ2n) is 3.02. The molecule has 0 aliphatic carbocycles.